The van der Waals surface area contributed by atoms with Crippen molar-refractivity contribution in [2.75, 3.05) is 32.6 Å². The highest BCUT2D eigenvalue weighted by atomic mass is 16.5. The minimum absolute atomic E-state index is 0.161. The molecule has 0 saturated heterocycles. The van der Waals surface area contributed by atoms with Crippen LogP contribution in [0.25, 0.3) is 0 Å². The summed E-state index contributed by atoms with van der Waals surface area (Å²) in [5.74, 6) is 0.629. The van der Waals surface area contributed by atoms with Gasteiger partial charge in [-0.2, -0.15) is 0 Å². The molecule has 0 radical (unpaired) electrons. The molecule has 1 aromatic carbocycles. The Kier molecular flexibility index (Phi) is 6.65. The van der Waals surface area contributed by atoms with Crippen LogP contribution in [-0.2, 0) is 4.79 Å². The molecule has 1 rings (SSSR count). The van der Waals surface area contributed by atoms with E-state index in [1.165, 1.54) is 0 Å². The van der Waals surface area contributed by atoms with Crippen molar-refractivity contribution in [3.8, 4) is 5.75 Å². The highest BCUT2D eigenvalue weighted by Crippen LogP contribution is 2.18. The predicted octanol–water partition coefficient (Wildman–Crippen LogP) is 2.08. The lowest BCUT2D eigenvalue weighted by Gasteiger charge is -2.22. The third kappa shape index (κ3) is 6.14. The highest BCUT2D eigenvalue weighted by Gasteiger charge is 2.26. The molecule has 5 nitrogen and oxygen atoms in total. The largest absolute Gasteiger partial charge is 0.492 e. The molecule has 5 heteroatoms. The summed E-state index contributed by atoms with van der Waals surface area (Å²) in [5, 5.41) is 2.84. The van der Waals surface area contributed by atoms with Gasteiger partial charge in [0.1, 0.15) is 12.4 Å². The molecule has 1 unspecified atom stereocenters. The summed E-state index contributed by atoms with van der Waals surface area (Å²) in [6, 6.07) is 7.34. The van der Waals surface area contributed by atoms with Crippen LogP contribution in [0.15, 0.2) is 24.3 Å². The average molecular weight is 293 g/mol. The minimum Gasteiger partial charge on any atom is -0.492 e. The van der Waals surface area contributed by atoms with Crippen molar-refractivity contribution in [2.45, 2.75) is 32.2 Å². The molecule has 0 heterocycles. The summed E-state index contributed by atoms with van der Waals surface area (Å²) >= 11 is 0. The number of carbonyl (C=O) groups is 1. The van der Waals surface area contributed by atoms with Gasteiger partial charge in [0.05, 0.1) is 5.54 Å². The summed E-state index contributed by atoms with van der Waals surface area (Å²) in [6.07, 6.45) is 1.53. The van der Waals surface area contributed by atoms with E-state index in [1.807, 2.05) is 45.3 Å². The van der Waals surface area contributed by atoms with Crippen LogP contribution in [0.3, 0.4) is 0 Å². The van der Waals surface area contributed by atoms with E-state index >= 15 is 0 Å². The molecular formula is C16H27N3O2. The number of nitrogens with zero attached hydrogens (tertiary/aromatic N) is 1. The number of nitrogens with one attached hydrogen (secondary N) is 1. The lowest BCUT2D eigenvalue weighted by atomic mass is 9.96. The summed E-state index contributed by atoms with van der Waals surface area (Å²) in [7, 11) is 4.00. The summed E-state index contributed by atoms with van der Waals surface area (Å²) in [4.78, 5) is 14.1. The fourth-order valence-corrected chi connectivity index (χ4v) is 1.89. The monoisotopic (exact) mass is 293 g/mol. The number of likely N-dealkylation sites (N-methyl/N-ethyl adjacent to an activating group) is 1. The Morgan fingerprint density at radius 3 is 2.48 bits per heavy atom. The first kappa shape index (κ1) is 17.5. The van der Waals surface area contributed by atoms with Crippen molar-refractivity contribution in [3.63, 3.8) is 0 Å². The van der Waals surface area contributed by atoms with E-state index in [1.54, 1.807) is 6.92 Å². The molecule has 1 amide bonds. The standard InChI is InChI=1S/C16H27N3O2/c1-5-10-16(2,17)15(20)18-13-6-8-14(9-7-13)21-12-11-19(3)4/h6-9H,5,10-12,17H2,1-4H3,(H,18,20). The molecule has 1 aromatic rings. The topological polar surface area (TPSA) is 67.6 Å². The van der Waals surface area contributed by atoms with Gasteiger partial charge in [0.25, 0.3) is 0 Å². The van der Waals surface area contributed by atoms with Crippen LogP contribution >= 0.6 is 0 Å². The van der Waals surface area contributed by atoms with E-state index in [9.17, 15) is 4.79 Å². The van der Waals surface area contributed by atoms with Gasteiger partial charge in [-0.1, -0.05) is 13.3 Å². The smallest absolute Gasteiger partial charge is 0.244 e. The maximum Gasteiger partial charge on any atom is 0.244 e. The normalized spacial score (nSPS) is 13.8. The SMILES string of the molecule is CCCC(C)(N)C(=O)Nc1ccc(OCCN(C)C)cc1. The lowest BCUT2D eigenvalue weighted by molar-refractivity contribution is -0.120. The van der Waals surface area contributed by atoms with Crippen molar-refractivity contribution in [2.24, 2.45) is 5.73 Å². The molecule has 21 heavy (non-hydrogen) atoms. The molecular weight excluding hydrogens is 266 g/mol. The van der Waals surface area contributed by atoms with Crippen LogP contribution in [0.2, 0.25) is 0 Å². The zero-order valence-corrected chi connectivity index (χ0v) is 13.5. The molecule has 0 bridgehead atoms. The van der Waals surface area contributed by atoms with Gasteiger partial charge in [-0.15, -0.1) is 0 Å². The number of carbonyl (C=O) groups excluding carboxylic acids is 1. The first-order valence-electron chi connectivity index (χ1n) is 7.33. The zero-order chi connectivity index (χ0) is 15.9. The van der Waals surface area contributed by atoms with Gasteiger partial charge in [-0.25, -0.2) is 0 Å². The number of amides is 1. The number of hydrogen-bond acceptors (Lipinski definition) is 4. The predicted molar refractivity (Wildman–Crippen MR) is 86.6 cm³/mol. The molecule has 0 aliphatic heterocycles. The Bertz CT molecular complexity index is 441. The molecule has 0 spiro atoms. The van der Waals surface area contributed by atoms with E-state index in [-0.39, 0.29) is 5.91 Å². The Labute approximate surface area is 127 Å². The van der Waals surface area contributed by atoms with Gasteiger partial charge in [-0.05, 0) is 51.7 Å². The van der Waals surface area contributed by atoms with Crippen molar-refractivity contribution in [3.05, 3.63) is 24.3 Å². The van der Waals surface area contributed by atoms with Crippen molar-refractivity contribution in [1.29, 1.82) is 0 Å². The van der Waals surface area contributed by atoms with Gasteiger partial charge < -0.3 is 20.7 Å². The Hall–Kier alpha value is -1.59. The van der Waals surface area contributed by atoms with Gasteiger partial charge in [0.2, 0.25) is 5.91 Å². The van der Waals surface area contributed by atoms with E-state index in [0.29, 0.717) is 13.0 Å². The van der Waals surface area contributed by atoms with Crippen LogP contribution < -0.4 is 15.8 Å². The molecule has 0 fully saturated rings. The second-order valence-electron chi connectivity index (χ2n) is 5.80. The second-order valence-corrected chi connectivity index (χ2v) is 5.80. The summed E-state index contributed by atoms with van der Waals surface area (Å²) < 4.78 is 5.60. The third-order valence-corrected chi connectivity index (χ3v) is 3.21. The third-order valence-electron chi connectivity index (χ3n) is 3.21. The number of ether oxygens (including phenoxy) is 1. The lowest BCUT2D eigenvalue weighted by Crippen LogP contribution is -2.48. The number of nitrogens with two attached hydrogens (primary N) is 1. The number of benzene rings is 1. The first-order chi connectivity index (χ1) is 9.85. The van der Waals surface area contributed by atoms with E-state index < -0.39 is 5.54 Å². The molecule has 0 aliphatic rings. The average Bonchev–Trinajstić information content (AvgIpc) is 2.40. The fraction of sp³-hybridized carbons (Fsp3) is 0.562. The first-order valence-corrected chi connectivity index (χ1v) is 7.33. The summed E-state index contributed by atoms with van der Waals surface area (Å²) in [6.45, 7) is 5.26. The Morgan fingerprint density at radius 1 is 1.33 bits per heavy atom. The molecule has 0 aliphatic carbocycles. The number of rotatable bonds is 8. The molecule has 1 atom stereocenters. The summed E-state index contributed by atoms with van der Waals surface area (Å²) in [5.41, 5.74) is 5.89. The molecule has 3 N–H and O–H groups in total. The van der Waals surface area contributed by atoms with Crippen LogP contribution in [0.1, 0.15) is 26.7 Å². The van der Waals surface area contributed by atoms with Gasteiger partial charge in [0, 0.05) is 12.2 Å². The van der Waals surface area contributed by atoms with Crippen LogP contribution in [-0.4, -0.2) is 43.6 Å². The quantitative estimate of drug-likeness (QED) is 0.770. The van der Waals surface area contributed by atoms with E-state index in [4.69, 9.17) is 10.5 Å². The van der Waals surface area contributed by atoms with Gasteiger partial charge >= 0.3 is 0 Å². The van der Waals surface area contributed by atoms with E-state index in [2.05, 4.69) is 10.2 Å². The maximum atomic E-state index is 12.1. The highest BCUT2D eigenvalue weighted by molar-refractivity contribution is 5.97. The van der Waals surface area contributed by atoms with Crippen molar-refractivity contribution >= 4 is 11.6 Å². The van der Waals surface area contributed by atoms with Crippen molar-refractivity contribution < 1.29 is 9.53 Å². The van der Waals surface area contributed by atoms with Gasteiger partial charge in [-0.3, -0.25) is 4.79 Å². The van der Waals surface area contributed by atoms with E-state index in [0.717, 1.165) is 24.4 Å². The van der Waals surface area contributed by atoms with Crippen molar-refractivity contribution in [1.82, 2.24) is 4.90 Å². The number of hydrogen-bond donors (Lipinski definition) is 2. The van der Waals surface area contributed by atoms with Crippen LogP contribution in [0, 0.1) is 0 Å². The molecule has 0 aromatic heterocycles. The molecule has 0 saturated carbocycles. The Balaban J connectivity index is 2.52. The number of anilines is 1. The maximum absolute atomic E-state index is 12.1. The van der Waals surface area contributed by atoms with Crippen LogP contribution in [0.4, 0.5) is 5.69 Å². The minimum atomic E-state index is -0.838. The van der Waals surface area contributed by atoms with Crippen LogP contribution in [0.5, 0.6) is 5.75 Å². The van der Waals surface area contributed by atoms with Gasteiger partial charge in [0.15, 0.2) is 0 Å². The molecule has 118 valence electrons. The fourth-order valence-electron chi connectivity index (χ4n) is 1.89. The zero-order valence-electron chi connectivity index (χ0n) is 13.5. The Morgan fingerprint density at radius 2 is 1.95 bits per heavy atom. The second kappa shape index (κ2) is 8.00.